The van der Waals surface area contributed by atoms with Crippen LogP contribution in [0, 0.1) is 0 Å². The van der Waals surface area contributed by atoms with Crippen molar-refractivity contribution in [3.63, 3.8) is 0 Å². The summed E-state index contributed by atoms with van der Waals surface area (Å²) < 4.78 is 4.94. The number of phenols is 1. The molecule has 1 fully saturated rings. The second-order valence-electron chi connectivity index (χ2n) is 4.61. The molecule has 1 amide bonds. The van der Waals surface area contributed by atoms with Gasteiger partial charge in [0, 0.05) is 10.9 Å². The van der Waals surface area contributed by atoms with E-state index < -0.39 is 0 Å². The number of nitrogens with one attached hydrogen (secondary N) is 1. The average molecular weight is 314 g/mol. The number of alkyl halides is 1. The number of phenolic OH excluding ortho intramolecular Hbond substituents is 1. The fraction of sp³-hybridized carbons (Fsp3) is 0.462. The molecule has 0 saturated heterocycles. The zero-order valence-corrected chi connectivity index (χ0v) is 11.8. The lowest BCUT2D eigenvalue weighted by Gasteiger charge is -2.41. The molecule has 1 aliphatic rings. The fourth-order valence-corrected chi connectivity index (χ4v) is 2.74. The summed E-state index contributed by atoms with van der Waals surface area (Å²) in [5.74, 6) is 0.184. The van der Waals surface area contributed by atoms with E-state index in [0.29, 0.717) is 11.3 Å². The van der Waals surface area contributed by atoms with Crippen LogP contribution >= 0.6 is 15.9 Å². The predicted octanol–water partition coefficient (Wildman–Crippen LogP) is 2.45. The number of rotatable bonds is 4. The Morgan fingerprint density at radius 3 is 2.72 bits per heavy atom. The van der Waals surface area contributed by atoms with Gasteiger partial charge in [-0.05, 0) is 37.5 Å². The van der Waals surface area contributed by atoms with Crippen molar-refractivity contribution in [2.45, 2.75) is 24.8 Å². The number of carbonyl (C=O) groups excluding carboxylic acids is 1. The number of aromatic hydroxyl groups is 1. The zero-order chi connectivity index (χ0) is 13.2. The standard InChI is InChI=1S/C13H16BrNO3/c1-18-11-4-3-9(7-10(11)16)12(17)15-13(8-14)5-2-6-13/h3-4,7,16H,2,5-6,8H2,1H3,(H,15,17). The molecular formula is C13H16BrNO3. The van der Waals surface area contributed by atoms with E-state index in [1.807, 2.05) is 0 Å². The maximum atomic E-state index is 12.1. The maximum absolute atomic E-state index is 12.1. The van der Waals surface area contributed by atoms with Crippen LogP contribution in [0.2, 0.25) is 0 Å². The average Bonchev–Trinajstić information content (AvgIpc) is 2.33. The van der Waals surface area contributed by atoms with E-state index >= 15 is 0 Å². The highest BCUT2D eigenvalue weighted by atomic mass is 79.9. The van der Waals surface area contributed by atoms with E-state index in [1.54, 1.807) is 12.1 Å². The summed E-state index contributed by atoms with van der Waals surface area (Å²) in [4.78, 5) is 12.1. The Hall–Kier alpha value is -1.23. The summed E-state index contributed by atoms with van der Waals surface area (Å²) in [6.45, 7) is 0. The number of hydrogen-bond acceptors (Lipinski definition) is 3. The van der Waals surface area contributed by atoms with Gasteiger partial charge in [-0.3, -0.25) is 4.79 Å². The number of methoxy groups -OCH3 is 1. The third kappa shape index (κ3) is 2.46. The highest BCUT2D eigenvalue weighted by Gasteiger charge is 2.37. The van der Waals surface area contributed by atoms with E-state index in [0.717, 1.165) is 24.6 Å². The number of carbonyl (C=O) groups is 1. The molecule has 98 valence electrons. The van der Waals surface area contributed by atoms with Crippen LogP contribution in [0.15, 0.2) is 18.2 Å². The smallest absolute Gasteiger partial charge is 0.251 e. The van der Waals surface area contributed by atoms with Crippen molar-refractivity contribution in [2.75, 3.05) is 12.4 Å². The molecule has 1 aromatic carbocycles. The second-order valence-corrected chi connectivity index (χ2v) is 5.17. The van der Waals surface area contributed by atoms with E-state index in [1.165, 1.54) is 13.2 Å². The largest absolute Gasteiger partial charge is 0.504 e. The molecule has 0 heterocycles. The van der Waals surface area contributed by atoms with Crippen LogP contribution in [0.1, 0.15) is 29.6 Å². The Morgan fingerprint density at radius 1 is 1.56 bits per heavy atom. The molecule has 1 aliphatic carbocycles. The summed E-state index contributed by atoms with van der Waals surface area (Å²) >= 11 is 3.44. The van der Waals surface area contributed by atoms with Gasteiger partial charge in [0.2, 0.25) is 0 Å². The van der Waals surface area contributed by atoms with Crippen molar-refractivity contribution in [1.82, 2.24) is 5.32 Å². The van der Waals surface area contributed by atoms with Gasteiger partial charge < -0.3 is 15.2 Å². The third-order valence-corrected chi connectivity index (χ3v) is 4.46. The van der Waals surface area contributed by atoms with E-state index in [4.69, 9.17) is 4.74 Å². The van der Waals surface area contributed by atoms with Crippen molar-refractivity contribution < 1.29 is 14.6 Å². The third-order valence-electron chi connectivity index (χ3n) is 3.39. The van der Waals surface area contributed by atoms with Crippen molar-refractivity contribution in [2.24, 2.45) is 0 Å². The molecule has 0 unspecified atom stereocenters. The highest BCUT2D eigenvalue weighted by molar-refractivity contribution is 9.09. The monoisotopic (exact) mass is 313 g/mol. The quantitative estimate of drug-likeness (QED) is 0.839. The first kappa shape index (κ1) is 13.2. The molecule has 0 atom stereocenters. The maximum Gasteiger partial charge on any atom is 0.251 e. The number of benzene rings is 1. The Balaban J connectivity index is 2.11. The molecule has 5 heteroatoms. The minimum Gasteiger partial charge on any atom is -0.504 e. The van der Waals surface area contributed by atoms with Crippen LogP contribution in [0.5, 0.6) is 11.5 Å². The minimum absolute atomic E-state index is 0.0216. The molecule has 1 aromatic rings. The van der Waals surface area contributed by atoms with Gasteiger partial charge in [0.05, 0.1) is 12.6 Å². The van der Waals surface area contributed by atoms with Crippen LogP contribution < -0.4 is 10.1 Å². The van der Waals surface area contributed by atoms with Crippen molar-refractivity contribution in [3.8, 4) is 11.5 Å². The molecule has 0 aliphatic heterocycles. The van der Waals surface area contributed by atoms with Gasteiger partial charge in [-0.1, -0.05) is 15.9 Å². The SMILES string of the molecule is COc1ccc(C(=O)NC2(CBr)CCC2)cc1O. The van der Waals surface area contributed by atoms with Crippen LogP contribution in [0.4, 0.5) is 0 Å². The number of hydrogen-bond donors (Lipinski definition) is 2. The summed E-state index contributed by atoms with van der Waals surface area (Å²) in [7, 11) is 1.48. The molecule has 0 aromatic heterocycles. The lowest BCUT2D eigenvalue weighted by Crippen LogP contribution is -2.54. The lowest BCUT2D eigenvalue weighted by atomic mass is 9.78. The minimum atomic E-state index is -0.160. The summed E-state index contributed by atoms with van der Waals surface area (Å²) in [5, 5.41) is 13.4. The van der Waals surface area contributed by atoms with Gasteiger partial charge >= 0.3 is 0 Å². The van der Waals surface area contributed by atoms with Crippen LogP contribution in [-0.4, -0.2) is 29.0 Å². The number of halogens is 1. The number of ether oxygens (including phenoxy) is 1. The van der Waals surface area contributed by atoms with Gasteiger partial charge in [-0.2, -0.15) is 0 Å². The predicted molar refractivity (Wildman–Crippen MR) is 72.5 cm³/mol. The Kier molecular flexibility index (Phi) is 3.80. The first-order valence-electron chi connectivity index (χ1n) is 5.86. The van der Waals surface area contributed by atoms with E-state index in [9.17, 15) is 9.90 Å². The first-order chi connectivity index (χ1) is 8.60. The fourth-order valence-electron chi connectivity index (χ4n) is 2.04. The van der Waals surface area contributed by atoms with Crippen molar-refractivity contribution in [1.29, 1.82) is 0 Å². The van der Waals surface area contributed by atoms with Gasteiger partial charge in [-0.25, -0.2) is 0 Å². The molecule has 18 heavy (non-hydrogen) atoms. The highest BCUT2D eigenvalue weighted by Crippen LogP contribution is 2.34. The van der Waals surface area contributed by atoms with Crippen LogP contribution in [-0.2, 0) is 0 Å². The van der Waals surface area contributed by atoms with Gasteiger partial charge in [-0.15, -0.1) is 0 Å². The number of amides is 1. The molecule has 0 radical (unpaired) electrons. The van der Waals surface area contributed by atoms with Gasteiger partial charge in [0.25, 0.3) is 5.91 Å². The van der Waals surface area contributed by atoms with Crippen molar-refractivity contribution >= 4 is 21.8 Å². The van der Waals surface area contributed by atoms with Crippen LogP contribution in [0.25, 0.3) is 0 Å². The zero-order valence-electron chi connectivity index (χ0n) is 10.2. The van der Waals surface area contributed by atoms with Gasteiger partial charge in [0.15, 0.2) is 11.5 Å². The molecule has 4 nitrogen and oxygen atoms in total. The molecular weight excluding hydrogens is 298 g/mol. The summed E-state index contributed by atoms with van der Waals surface area (Å²) in [6, 6.07) is 4.66. The lowest BCUT2D eigenvalue weighted by molar-refractivity contribution is 0.0856. The van der Waals surface area contributed by atoms with Crippen LogP contribution in [0.3, 0.4) is 0 Å². The summed E-state index contributed by atoms with van der Waals surface area (Å²) in [6.07, 6.45) is 3.12. The van der Waals surface area contributed by atoms with Gasteiger partial charge in [0.1, 0.15) is 0 Å². The molecule has 2 N–H and O–H groups in total. The topological polar surface area (TPSA) is 58.6 Å². The summed E-state index contributed by atoms with van der Waals surface area (Å²) in [5.41, 5.74) is 0.327. The Morgan fingerprint density at radius 2 is 2.28 bits per heavy atom. The Bertz CT molecular complexity index is 452. The first-order valence-corrected chi connectivity index (χ1v) is 6.98. The van der Waals surface area contributed by atoms with Crippen molar-refractivity contribution in [3.05, 3.63) is 23.8 Å². The molecule has 0 bridgehead atoms. The second kappa shape index (κ2) is 5.18. The molecule has 0 spiro atoms. The Labute approximate surface area is 114 Å². The normalized spacial score (nSPS) is 16.8. The van der Waals surface area contributed by atoms with E-state index in [2.05, 4.69) is 21.2 Å². The molecule has 1 saturated carbocycles. The molecule has 2 rings (SSSR count). The van der Waals surface area contributed by atoms with E-state index in [-0.39, 0.29) is 17.2 Å².